The average Bonchev–Trinajstić information content (AvgIpc) is 2.98. The molecular weight excluding hydrogens is 536 g/mol. The fourth-order valence-electron chi connectivity index (χ4n) is 3.78. The molecular formula is C29H28N2O8S. The lowest BCUT2D eigenvalue weighted by molar-refractivity contribution is -0.149. The van der Waals surface area contributed by atoms with E-state index in [0.717, 1.165) is 10.8 Å². The molecule has 208 valence electrons. The Morgan fingerprint density at radius 1 is 0.775 bits per heavy atom. The van der Waals surface area contributed by atoms with Gasteiger partial charge in [0.1, 0.15) is 17.2 Å². The van der Waals surface area contributed by atoms with Crippen LogP contribution in [0.3, 0.4) is 0 Å². The highest BCUT2D eigenvalue weighted by Crippen LogP contribution is 2.27. The molecule has 0 aliphatic carbocycles. The van der Waals surface area contributed by atoms with Crippen LogP contribution in [0.15, 0.2) is 89.8 Å². The molecule has 11 heteroatoms. The molecule has 0 radical (unpaired) electrons. The Hall–Kier alpha value is -4.77. The molecule has 0 aliphatic heterocycles. The van der Waals surface area contributed by atoms with Gasteiger partial charge in [0.2, 0.25) is 0 Å². The number of nitrogens with one attached hydrogen (secondary N) is 1. The molecule has 0 unspecified atom stereocenters. The molecule has 10 nitrogen and oxygen atoms in total. The molecule has 1 amide bonds. The average molecular weight is 565 g/mol. The minimum Gasteiger partial charge on any atom is -0.497 e. The third-order valence-corrected chi connectivity index (χ3v) is 7.72. The minimum absolute atomic E-state index is 0.173. The number of carbonyl (C=O) groups is 2. The summed E-state index contributed by atoms with van der Waals surface area (Å²) >= 11 is 0. The van der Waals surface area contributed by atoms with Crippen LogP contribution in [-0.4, -0.2) is 54.8 Å². The number of carbonyl (C=O) groups excluding carboxylic acids is 2. The highest BCUT2D eigenvalue weighted by atomic mass is 32.2. The van der Waals surface area contributed by atoms with Gasteiger partial charge in [0.25, 0.3) is 15.9 Å². The van der Waals surface area contributed by atoms with Crippen molar-refractivity contribution in [3.8, 4) is 17.2 Å². The maximum atomic E-state index is 13.2. The lowest BCUT2D eigenvalue weighted by Gasteiger charge is -2.20. The van der Waals surface area contributed by atoms with E-state index in [4.69, 9.17) is 18.9 Å². The summed E-state index contributed by atoms with van der Waals surface area (Å²) in [6, 6.07) is 23.6. The summed E-state index contributed by atoms with van der Waals surface area (Å²) in [6.45, 7) is -0.955. The predicted octanol–water partition coefficient (Wildman–Crippen LogP) is 4.24. The number of methoxy groups -OCH3 is 2. The van der Waals surface area contributed by atoms with Gasteiger partial charge in [0, 0.05) is 30.9 Å². The second-order valence-electron chi connectivity index (χ2n) is 8.57. The third-order valence-electron chi connectivity index (χ3n) is 5.94. The normalized spacial score (nSPS) is 11.0. The molecule has 0 heterocycles. The summed E-state index contributed by atoms with van der Waals surface area (Å²) in [7, 11) is 0.637. The number of amides is 1. The molecule has 4 aromatic carbocycles. The Bertz CT molecular complexity index is 1600. The number of hydrogen-bond donors (Lipinski definition) is 1. The lowest BCUT2D eigenvalue weighted by atomic mass is 10.1. The van der Waals surface area contributed by atoms with Gasteiger partial charge < -0.3 is 24.3 Å². The van der Waals surface area contributed by atoms with Crippen LogP contribution in [0.2, 0.25) is 0 Å². The summed E-state index contributed by atoms with van der Waals surface area (Å²) < 4.78 is 48.2. The van der Waals surface area contributed by atoms with Gasteiger partial charge in [0.15, 0.2) is 13.2 Å². The third kappa shape index (κ3) is 6.80. The monoisotopic (exact) mass is 564 g/mol. The SMILES string of the molecule is COc1cc(NC(=O)COC(=O)COc2ccc(N(C)S(=O)(=O)c3ccc4ccccc4c3)cc2)cc(OC)c1. The largest absolute Gasteiger partial charge is 0.497 e. The Morgan fingerprint density at radius 3 is 2.08 bits per heavy atom. The molecule has 0 aromatic heterocycles. The van der Waals surface area contributed by atoms with Crippen molar-refractivity contribution >= 4 is 44.0 Å². The van der Waals surface area contributed by atoms with Gasteiger partial charge in [-0.25, -0.2) is 13.2 Å². The molecule has 1 N–H and O–H groups in total. The zero-order valence-electron chi connectivity index (χ0n) is 22.1. The standard InChI is InChI=1S/C29H28N2O8S/c1-31(40(34,35)27-13-8-20-6-4-5-7-21(20)14-27)23-9-11-24(12-10-23)38-19-29(33)39-18-28(32)30-22-15-25(36-2)17-26(16-22)37-3/h4-17H,18-19H2,1-3H3,(H,30,32). The van der Waals surface area contributed by atoms with Crippen LogP contribution in [-0.2, 0) is 24.3 Å². The van der Waals surface area contributed by atoms with Crippen molar-refractivity contribution < 1.29 is 37.0 Å². The van der Waals surface area contributed by atoms with Crippen molar-refractivity contribution in [1.82, 2.24) is 0 Å². The summed E-state index contributed by atoms with van der Waals surface area (Å²) in [5.74, 6) is -0.000616. The van der Waals surface area contributed by atoms with E-state index < -0.39 is 35.1 Å². The Kier molecular flexibility index (Phi) is 8.75. The molecule has 0 bridgehead atoms. The van der Waals surface area contributed by atoms with Crippen LogP contribution in [0, 0.1) is 0 Å². The van der Waals surface area contributed by atoms with E-state index in [1.54, 1.807) is 48.5 Å². The molecule has 0 saturated heterocycles. The van der Waals surface area contributed by atoms with Gasteiger partial charge in [-0.05, 0) is 47.2 Å². The first-order valence-electron chi connectivity index (χ1n) is 12.1. The van der Waals surface area contributed by atoms with Crippen molar-refractivity contribution in [2.75, 3.05) is 44.1 Å². The first kappa shape index (κ1) is 28.2. The lowest BCUT2D eigenvalue weighted by Crippen LogP contribution is -2.26. The highest BCUT2D eigenvalue weighted by Gasteiger charge is 2.22. The molecule has 0 aliphatic rings. The number of esters is 1. The maximum absolute atomic E-state index is 13.2. The van der Waals surface area contributed by atoms with Gasteiger partial charge in [0.05, 0.1) is 24.8 Å². The zero-order valence-corrected chi connectivity index (χ0v) is 22.9. The second kappa shape index (κ2) is 12.4. The molecule has 4 aromatic rings. The molecule has 0 atom stereocenters. The number of nitrogens with zero attached hydrogens (tertiary/aromatic N) is 1. The first-order chi connectivity index (χ1) is 19.2. The van der Waals surface area contributed by atoms with Crippen molar-refractivity contribution in [1.29, 1.82) is 0 Å². The predicted molar refractivity (Wildman–Crippen MR) is 151 cm³/mol. The van der Waals surface area contributed by atoms with Gasteiger partial charge in [-0.15, -0.1) is 0 Å². The number of ether oxygens (including phenoxy) is 4. The summed E-state index contributed by atoms with van der Waals surface area (Å²) in [5.41, 5.74) is 0.829. The van der Waals surface area contributed by atoms with Crippen molar-refractivity contribution in [3.05, 3.63) is 84.9 Å². The van der Waals surface area contributed by atoms with Crippen molar-refractivity contribution in [3.63, 3.8) is 0 Å². The van der Waals surface area contributed by atoms with E-state index in [9.17, 15) is 18.0 Å². The van der Waals surface area contributed by atoms with Gasteiger partial charge in [-0.1, -0.05) is 30.3 Å². The number of fused-ring (bicyclic) bond motifs is 1. The fourth-order valence-corrected chi connectivity index (χ4v) is 5.02. The Balaban J connectivity index is 1.29. The molecule has 0 fully saturated rings. The van der Waals surface area contributed by atoms with Crippen LogP contribution in [0.5, 0.6) is 17.2 Å². The molecule has 40 heavy (non-hydrogen) atoms. The number of anilines is 2. The van der Waals surface area contributed by atoms with E-state index in [2.05, 4.69) is 5.32 Å². The van der Waals surface area contributed by atoms with Crippen molar-refractivity contribution in [2.24, 2.45) is 0 Å². The van der Waals surface area contributed by atoms with E-state index >= 15 is 0 Å². The van der Waals surface area contributed by atoms with E-state index in [1.165, 1.54) is 37.7 Å². The topological polar surface area (TPSA) is 120 Å². The molecule has 0 saturated carbocycles. The Morgan fingerprint density at radius 2 is 1.43 bits per heavy atom. The quantitative estimate of drug-likeness (QED) is 0.269. The first-order valence-corrected chi connectivity index (χ1v) is 13.5. The second-order valence-corrected chi connectivity index (χ2v) is 10.5. The number of hydrogen-bond acceptors (Lipinski definition) is 8. The van der Waals surface area contributed by atoms with E-state index in [0.29, 0.717) is 28.6 Å². The van der Waals surface area contributed by atoms with Gasteiger partial charge >= 0.3 is 5.97 Å². The number of rotatable bonds is 11. The Labute approximate surface area is 232 Å². The fraction of sp³-hybridized carbons (Fsp3) is 0.172. The summed E-state index contributed by atoms with van der Waals surface area (Å²) in [4.78, 5) is 24.4. The summed E-state index contributed by atoms with van der Waals surface area (Å²) in [5, 5.41) is 4.37. The minimum atomic E-state index is -3.80. The zero-order chi connectivity index (χ0) is 28.7. The maximum Gasteiger partial charge on any atom is 0.344 e. The van der Waals surface area contributed by atoms with Crippen LogP contribution >= 0.6 is 0 Å². The molecule has 4 rings (SSSR count). The van der Waals surface area contributed by atoms with Crippen molar-refractivity contribution in [2.45, 2.75) is 4.90 Å². The summed E-state index contributed by atoms with van der Waals surface area (Å²) in [6.07, 6.45) is 0. The van der Waals surface area contributed by atoms with Crippen LogP contribution in [0.1, 0.15) is 0 Å². The van der Waals surface area contributed by atoms with Gasteiger partial charge in [-0.2, -0.15) is 0 Å². The van der Waals surface area contributed by atoms with Crippen LogP contribution in [0.4, 0.5) is 11.4 Å². The highest BCUT2D eigenvalue weighted by molar-refractivity contribution is 7.92. The number of sulfonamides is 1. The van der Waals surface area contributed by atoms with Crippen LogP contribution < -0.4 is 23.8 Å². The van der Waals surface area contributed by atoms with E-state index in [1.807, 2.05) is 24.3 Å². The smallest absolute Gasteiger partial charge is 0.344 e. The van der Waals surface area contributed by atoms with E-state index in [-0.39, 0.29) is 4.90 Å². The number of benzene rings is 4. The van der Waals surface area contributed by atoms with Crippen LogP contribution in [0.25, 0.3) is 10.8 Å². The molecule has 0 spiro atoms. The van der Waals surface area contributed by atoms with Gasteiger partial charge in [-0.3, -0.25) is 9.10 Å².